The van der Waals surface area contributed by atoms with Crippen LogP contribution in [0.5, 0.6) is 5.75 Å². The highest BCUT2D eigenvalue weighted by Gasteiger charge is 2.20. The Morgan fingerprint density at radius 2 is 2.29 bits per heavy atom. The fourth-order valence-electron chi connectivity index (χ4n) is 0.993. The Labute approximate surface area is 98.8 Å². The molecule has 0 N–H and O–H groups in total. The number of alkyl halides is 3. The van der Waals surface area contributed by atoms with Gasteiger partial charge in [-0.25, -0.2) is 8.78 Å². The van der Waals surface area contributed by atoms with Crippen LogP contribution in [0.4, 0.5) is 8.78 Å². The molecule has 1 aromatic heterocycles. The molecule has 0 saturated carbocycles. The predicted molar refractivity (Wildman–Crippen MR) is 58.0 cm³/mol. The van der Waals surface area contributed by atoms with E-state index in [0.29, 0.717) is 9.32 Å². The molecule has 0 saturated heterocycles. The molecule has 78 valence electrons. The molecule has 0 atom stereocenters. The van der Waals surface area contributed by atoms with Gasteiger partial charge in [-0.05, 0) is 22.6 Å². The van der Waals surface area contributed by atoms with E-state index in [1.165, 1.54) is 13.3 Å². The molecular formula is C8H7ClF2INO. The molecule has 1 heterocycles. The van der Waals surface area contributed by atoms with Crippen molar-refractivity contribution in [3.63, 3.8) is 0 Å². The maximum Gasteiger partial charge on any atom is 0.266 e. The number of halogens is 4. The summed E-state index contributed by atoms with van der Waals surface area (Å²) in [6.45, 7) is 0. The van der Waals surface area contributed by atoms with Gasteiger partial charge in [0.1, 0.15) is 0 Å². The lowest BCUT2D eigenvalue weighted by atomic mass is 10.2. The molecule has 0 radical (unpaired) electrons. The van der Waals surface area contributed by atoms with Gasteiger partial charge in [0.2, 0.25) is 0 Å². The highest BCUT2D eigenvalue weighted by atomic mass is 127. The zero-order valence-electron chi connectivity index (χ0n) is 7.23. The Bertz CT molecular complexity index is 335. The number of ether oxygens (including phenoxy) is 1. The zero-order valence-corrected chi connectivity index (χ0v) is 10.1. The smallest absolute Gasteiger partial charge is 0.266 e. The quantitative estimate of drug-likeness (QED) is 0.625. The van der Waals surface area contributed by atoms with Crippen LogP contribution in [0.1, 0.15) is 17.7 Å². The van der Waals surface area contributed by atoms with Crippen LogP contribution in [0.25, 0.3) is 0 Å². The van der Waals surface area contributed by atoms with Crippen LogP contribution < -0.4 is 4.74 Å². The van der Waals surface area contributed by atoms with Gasteiger partial charge in [-0.15, -0.1) is 11.6 Å². The van der Waals surface area contributed by atoms with E-state index in [-0.39, 0.29) is 17.1 Å². The van der Waals surface area contributed by atoms with Crippen molar-refractivity contribution in [1.82, 2.24) is 4.98 Å². The molecule has 0 aliphatic heterocycles. The van der Waals surface area contributed by atoms with Crippen molar-refractivity contribution in [3.05, 3.63) is 21.0 Å². The van der Waals surface area contributed by atoms with Crippen LogP contribution in [0.2, 0.25) is 0 Å². The minimum atomic E-state index is -2.58. The predicted octanol–water partition coefficient (Wildman–Crippen LogP) is 3.37. The van der Waals surface area contributed by atoms with E-state index in [9.17, 15) is 8.78 Å². The Balaban J connectivity index is 3.31. The Morgan fingerprint density at radius 1 is 1.64 bits per heavy atom. The molecule has 0 bridgehead atoms. The summed E-state index contributed by atoms with van der Waals surface area (Å²) in [6.07, 6.45) is -1.19. The van der Waals surface area contributed by atoms with Gasteiger partial charge in [0.15, 0.2) is 5.75 Å². The second-order valence-electron chi connectivity index (χ2n) is 2.44. The molecule has 0 unspecified atom stereocenters. The number of aromatic nitrogens is 1. The van der Waals surface area contributed by atoms with Crippen LogP contribution >= 0.6 is 34.2 Å². The summed E-state index contributed by atoms with van der Waals surface area (Å²) < 4.78 is 30.5. The highest BCUT2D eigenvalue weighted by Crippen LogP contribution is 2.33. The van der Waals surface area contributed by atoms with Crippen LogP contribution in [-0.4, -0.2) is 12.1 Å². The lowest BCUT2D eigenvalue weighted by molar-refractivity contribution is 0.148. The molecule has 1 aromatic rings. The third-order valence-electron chi connectivity index (χ3n) is 1.67. The van der Waals surface area contributed by atoms with E-state index in [0.717, 1.165) is 0 Å². The number of nitrogens with zero attached hydrogens (tertiary/aromatic N) is 1. The fourth-order valence-corrected chi connectivity index (χ4v) is 2.11. The summed E-state index contributed by atoms with van der Waals surface area (Å²) in [5.74, 6) is 0.314. The topological polar surface area (TPSA) is 22.1 Å². The van der Waals surface area contributed by atoms with Gasteiger partial charge in [0, 0.05) is 0 Å². The number of methoxy groups -OCH3 is 1. The van der Waals surface area contributed by atoms with Crippen molar-refractivity contribution >= 4 is 34.2 Å². The van der Waals surface area contributed by atoms with Gasteiger partial charge < -0.3 is 4.74 Å². The molecule has 0 aromatic carbocycles. The summed E-state index contributed by atoms with van der Waals surface area (Å²) >= 11 is 7.31. The Hall–Kier alpha value is -0.170. The van der Waals surface area contributed by atoms with Crippen molar-refractivity contribution in [2.45, 2.75) is 12.3 Å². The minimum Gasteiger partial charge on any atom is -0.494 e. The molecule has 0 fully saturated rings. The summed E-state index contributed by atoms with van der Waals surface area (Å²) in [5, 5.41) is 0. The van der Waals surface area contributed by atoms with Gasteiger partial charge in [-0.2, -0.15) is 0 Å². The molecule has 0 spiro atoms. The zero-order chi connectivity index (χ0) is 10.7. The third-order valence-corrected chi connectivity index (χ3v) is 3.03. The molecule has 0 amide bonds. The summed E-state index contributed by atoms with van der Waals surface area (Å²) in [7, 11) is 1.41. The average Bonchev–Trinajstić information content (AvgIpc) is 2.16. The summed E-state index contributed by atoms with van der Waals surface area (Å²) in [5.41, 5.74) is 0.0619. The maximum absolute atomic E-state index is 12.6. The number of rotatable bonds is 3. The number of pyridine rings is 1. The van der Waals surface area contributed by atoms with E-state index in [1.807, 2.05) is 0 Å². The monoisotopic (exact) mass is 333 g/mol. The lowest BCUT2D eigenvalue weighted by Gasteiger charge is -2.11. The second-order valence-corrected chi connectivity index (χ2v) is 3.78. The highest BCUT2D eigenvalue weighted by molar-refractivity contribution is 14.1. The maximum atomic E-state index is 12.6. The van der Waals surface area contributed by atoms with Crippen molar-refractivity contribution in [2.24, 2.45) is 0 Å². The number of hydrogen-bond acceptors (Lipinski definition) is 2. The number of hydrogen-bond donors (Lipinski definition) is 0. The van der Waals surface area contributed by atoms with Crippen molar-refractivity contribution in [2.75, 3.05) is 7.11 Å². The van der Waals surface area contributed by atoms with Crippen LogP contribution in [0.15, 0.2) is 6.20 Å². The van der Waals surface area contributed by atoms with E-state index < -0.39 is 6.43 Å². The van der Waals surface area contributed by atoms with E-state index >= 15 is 0 Å². The first kappa shape index (κ1) is 11.9. The average molecular weight is 334 g/mol. The van der Waals surface area contributed by atoms with E-state index in [4.69, 9.17) is 16.3 Å². The van der Waals surface area contributed by atoms with Gasteiger partial charge in [-0.3, -0.25) is 4.98 Å². The SMILES string of the molecule is COc1cnc(CCl)c(C(F)F)c1I. The third kappa shape index (κ3) is 2.25. The van der Waals surface area contributed by atoms with Gasteiger partial charge >= 0.3 is 0 Å². The molecule has 2 nitrogen and oxygen atoms in total. The Morgan fingerprint density at radius 3 is 2.71 bits per heavy atom. The van der Waals surface area contributed by atoms with Gasteiger partial charge in [-0.1, -0.05) is 0 Å². The normalized spacial score (nSPS) is 10.7. The van der Waals surface area contributed by atoms with E-state index in [1.54, 1.807) is 22.6 Å². The standard InChI is InChI=1S/C8H7ClF2INO/c1-14-5-3-13-4(2-9)6(7(5)12)8(10)11/h3,8H,2H2,1H3. The Kier molecular flexibility index (Phi) is 4.31. The van der Waals surface area contributed by atoms with Crippen LogP contribution in [0.3, 0.4) is 0 Å². The molecule has 14 heavy (non-hydrogen) atoms. The first-order valence-electron chi connectivity index (χ1n) is 3.67. The van der Waals surface area contributed by atoms with E-state index in [2.05, 4.69) is 4.98 Å². The van der Waals surface area contributed by atoms with Crippen LogP contribution in [0, 0.1) is 3.57 Å². The van der Waals surface area contributed by atoms with Crippen molar-refractivity contribution < 1.29 is 13.5 Å². The van der Waals surface area contributed by atoms with Gasteiger partial charge in [0.25, 0.3) is 6.43 Å². The molecule has 0 aliphatic carbocycles. The second kappa shape index (κ2) is 5.06. The first-order chi connectivity index (χ1) is 6.61. The fraction of sp³-hybridized carbons (Fsp3) is 0.375. The molecule has 1 rings (SSSR count). The lowest BCUT2D eigenvalue weighted by Crippen LogP contribution is -2.02. The van der Waals surface area contributed by atoms with Crippen molar-refractivity contribution in [3.8, 4) is 5.75 Å². The molecular weight excluding hydrogens is 326 g/mol. The van der Waals surface area contributed by atoms with Crippen molar-refractivity contribution in [1.29, 1.82) is 0 Å². The summed E-state index contributed by atoms with van der Waals surface area (Å²) in [6, 6.07) is 0. The largest absolute Gasteiger partial charge is 0.494 e. The molecule has 0 aliphatic rings. The first-order valence-corrected chi connectivity index (χ1v) is 5.28. The summed E-state index contributed by atoms with van der Waals surface area (Å²) in [4.78, 5) is 3.81. The van der Waals surface area contributed by atoms with Gasteiger partial charge in [0.05, 0.1) is 34.0 Å². The minimum absolute atomic E-state index is 0.0281. The molecule has 6 heteroatoms. The van der Waals surface area contributed by atoms with Crippen LogP contribution in [-0.2, 0) is 5.88 Å².